The quantitative estimate of drug-likeness (QED) is 0.228. The Morgan fingerprint density at radius 2 is 1.72 bits per heavy atom. The van der Waals surface area contributed by atoms with Gasteiger partial charge in [-0.15, -0.1) is 0 Å². The normalized spacial score (nSPS) is 30.0. The maximum atomic E-state index is 10.7. The topological polar surface area (TPSA) is 189 Å². The van der Waals surface area contributed by atoms with E-state index in [4.69, 9.17) is 19.3 Å². The van der Waals surface area contributed by atoms with Crippen LogP contribution in [-0.2, 0) is 13.8 Å². The van der Waals surface area contributed by atoms with Crippen LogP contribution in [0.5, 0.6) is 5.75 Å². The molecule has 1 aromatic carbocycles. The largest absolute Gasteiger partial charge is 0.469 e. The number of nitro groups is 1. The lowest BCUT2D eigenvalue weighted by molar-refractivity contribution is -0.384. The van der Waals surface area contributed by atoms with Gasteiger partial charge in [-0.05, 0) is 12.1 Å². The second-order valence-corrected chi connectivity index (χ2v) is 6.41. The van der Waals surface area contributed by atoms with Crippen LogP contribution < -0.4 is 4.74 Å². The Bertz CT molecular complexity index is 647. The van der Waals surface area contributed by atoms with Gasteiger partial charge in [-0.25, -0.2) is 4.57 Å². The molecule has 1 heterocycles. The fourth-order valence-corrected chi connectivity index (χ4v) is 2.44. The van der Waals surface area contributed by atoms with Gasteiger partial charge in [0.2, 0.25) is 6.29 Å². The molecule has 1 aromatic rings. The molecule has 2 rings (SSSR count). The highest BCUT2D eigenvalue weighted by Gasteiger charge is 2.45. The molecule has 12 nitrogen and oxygen atoms in total. The molecule has 140 valence electrons. The van der Waals surface area contributed by atoms with E-state index < -0.39 is 50.1 Å². The van der Waals surface area contributed by atoms with Crippen LogP contribution in [0.3, 0.4) is 0 Å². The van der Waals surface area contributed by atoms with Crippen molar-refractivity contribution in [1.82, 2.24) is 0 Å². The lowest BCUT2D eigenvalue weighted by Gasteiger charge is -2.40. The van der Waals surface area contributed by atoms with E-state index in [-0.39, 0.29) is 11.4 Å². The molecule has 25 heavy (non-hydrogen) atoms. The number of ether oxygens (including phenoxy) is 2. The number of hydrogen-bond donors (Lipinski definition) is 5. The number of phosphoric acid groups is 1. The number of nitro benzene ring substituents is 1. The minimum atomic E-state index is -4.84. The van der Waals surface area contributed by atoms with Crippen molar-refractivity contribution < 1.29 is 48.6 Å². The van der Waals surface area contributed by atoms with Crippen molar-refractivity contribution >= 4 is 13.5 Å². The monoisotopic (exact) mass is 381 g/mol. The molecule has 0 amide bonds. The van der Waals surface area contributed by atoms with E-state index in [0.29, 0.717) is 0 Å². The first-order chi connectivity index (χ1) is 11.6. The first-order valence-electron chi connectivity index (χ1n) is 6.89. The van der Waals surface area contributed by atoms with E-state index >= 15 is 0 Å². The van der Waals surface area contributed by atoms with Gasteiger partial charge in [-0.2, -0.15) is 0 Å². The summed E-state index contributed by atoms with van der Waals surface area (Å²) in [5.74, 6) is 0.0629. The molecule has 0 aromatic heterocycles. The van der Waals surface area contributed by atoms with Crippen LogP contribution in [0.2, 0.25) is 0 Å². The van der Waals surface area contributed by atoms with Crippen LogP contribution in [0.25, 0.3) is 0 Å². The van der Waals surface area contributed by atoms with Gasteiger partial charge in [0.05, 0.1) is 11.5 Å². The number of hydrogen-bond acceptors (Lipinski definition) is 9. The molecule has 1 aliphatic heterocycles. The van der Waals surface area contributed by atoms with Crippen molar-refractivity contribution in [2.45, 2.75) is 30.7 Å². The SMILES string of the molecule is O=[N+]([O-])c1ccc(O[C@H]2O[C@H](COP(=O)(O)O)[C@@H](O)[C@H](O)[C@H]2O)cc1. The molecular weight excluding hydrogens is 365 g/mol. The van der Waals surface area contributed by atoms with Gasteiger partial charge in [-0.1, -0.05) is 0 Å². The zero-order valence-corrected chi connectivity index (χ0v) is 13.4. The Kier molecular flexibility index (Phi) is 6.08. The molecule has 0 aliphatic carbocycles. The second-order valence-electron chi connectivity index (χ2n) is 5.17. The van der Waals surface area contributed by atoms with E-state index in [1.54, 1.807) is 0 Å². The molecule has 0 unspecified atom stereocenters. The Balaban J connectivity index is 2.07. The Morgan fingerprint density at radius 1 is 1.12 bits per heavy atom. The lowest BCUT2D eigenvalue weighted by Crippen LogP contribution is -2.60. The van der Waals surface area contributed by atoms with Crippen molar-refractivity contribution in [2.75, 3.05) is 6.61 Å². The molecule has 0 spiro atoms. The standard InChI is InChI=1S/C12H16NO11P/c14-9-8(5-22-25(19,20)21)24-12(11(16)10(9)15)23-7-3-1-6(2-4-7)13(17)18/h1-4,8-12,14-16H,5H2,(H2,19,20,21)/t8-,9-,10+,11-,12+/m1/s1. The van der Waals surface area contributed by atoms with E-state index in [1.165, 1.54) is 12.1 Å². The number of non-ortho nitro benzene ring substituents is 1. The van der Waals surface area contributed by atoms with Gasteiger partial charge in [0.25, 0.3) is 5.69 Å². The van der Waals surface area contributed by atoms with E-state index in [0.717, 1.165) is 12.1 Å². The molecule has 5 atom stereocenters. The van der Waals surface area contributed by atoms with Crippen molar-refractivity contribution in [1.29, 1.82) is 0 Å². The number of benzene rings is 1. The number of phosphoric ester groups is 1. The molecule has 5 N–H and O–H groups in total. The zero-order valence-electron chi connectivity index (χ0n) is 12.5. The van der Waals surface area contributed by atoms with E-state index in [1.807, 2.05) is 0 Å². The first kappa shape index (κ1) is 19.7. The molecule has 0 bridgehead atoms. The molecule has 1 fully saturated rings. The highest BCUT2D eigenvalue weighted by Crippen LogP contribution is 2.37. The van der Waals surface area contributed by atoms with E-state index in [9.17, 15) is 30.0 Å². The predicted octanol–water partition coefficient (Wildman–Crippen LogP) is -1.11. The van der Waals surface area contributed by atoms with Crippen LogP contribution in [-0.4, -0.2) is 67.3 Å². The molecule has 0 saturated carbocycles. The Hall–Kier alpha value is -1.63. The maximum Gasteiger partial charge on any atom is 0.469 e. The number of aliphatic hydroxyl groups excluding tert-OH is 3. The minimum Gasteiger partial charge on any atom is -0.462 e. The van der Waals surface area contributed by atoms with Crippen LogP contribution in [0.1, 0.15) is 0 Å². The smallest absolute Gasteiger partial charge is 0.462 e. The summed E-state index contributed by atoms with van der Waals surface area (Å²) in [5, 5.41) is 40.1. The van der Waals surface area contributed by atoms with Crippen LogP contribution >= 0.6 is 7.82 Å². The predicted molar refractivity (Wildman–Crippen MR) is 78.4 cm³/mol. The highest BCUT2D eigenvalue weighted by atomic mass is 31.2. The Morgan fingerprint density at radius 3 is 2.24 bits per heavy atom. The first-order valence-corrected chi connectivity index (χ1v) is 8.42. The molecular formula is C12H16NO11P. The van der Waals surface area contributed by atoms with Gasteiger partial charge in [0.15, 0.2) is 0 Å². The third-order valence-corrected chi connectivity index (χ3v) is 3.86. The fraction of sp³-hybridized carbons (Fsp3) is 0.500. The van der Waals surface area contributed by atoms with Gasteiger partial charge in [0.1, 0.15) is 30.2 Å². The summed E-state index contributed by atoms with van der Waals surface area (Å²) in [5.41, 5.74) is -0.194. The summed E-state index contributed by atoms with van der Waals surface area (Å²) < 4.78 is 25.4. The summed E-state index contributed by atoms with van der Waals surface area (Å²) >= 11 is 0. The van der Waals surface area contributed by atoms with Crippen molar-refractivity contribution in [2.24, 2.45) is 0 Å². The second kappa shape index (κ2) is 7.72. The third kappa shape index (κ3) is 5.17. The minimum absolute atomic E-state index is 0.0629. The van der Waals surface area contributed by atoms with Crippen molar-refractivity contribution in [3.8, 4) is 5.75 Å². The average Bonchev–Trinajstić information content (AvgIpc) is 2.54. The number of rotatable bonds is 6. The molecule has 1 aliphatic rings. The third-order valence-electron chi connectivity index (χ3n) is 3.38. The lowest BCUT2D eigenvalue weighted by atomic mass is 9.99. The van der Waals surface area contributed by atoms with Crippen molar-refractivity contribution in [3.63, 3.8) is 0 Å². The highest BCUT2D eigenvalue weighted by molar-refractivity contribution is 7.46. The van der Waals surface area contributed by atoms with E-state index in [2.05, 4.69) is 4.52 Å². The molecule has 13 heteroatoms. The summed E-state index contributed by atoms with van der Waals surface area (Å²) in [7, 11) is -4.84. The van der Waals surface area contributed by atoms with Crippen LogP contribution in [0.15, 0.2) is 24.3 Å². The van der Waals surface area contributed by atoms with Crippen molar-refractivity contribution in [3.05, 3.63) is 34.4 Å². The maximum absolute atomic E-state index is 10.7. The zero-order chi connectivity index (χ0) is 18.8. The fourth-order valence-electron chi connectivity index (χ4n) is 2.10. The Labute approximate surface area is 140 Å². The van der Waals surface area contributed by atoms with Gasteiger partial charge in [0, 0.05) is 12.1 Å². The molecule has 1 saturated heterocycles. The summed E-state index contributed by atoms with van der Waals surface area (Å²) in [6.45, 7) is -0.769. The summed E-state index contributed by atoms with van der Waals surface area (Å²) in [4.78, 5) is 27.3. The average molecular weight is 381 g/mol. The van der Waals surface area contributed by atoms with Gasteiger partial charge in [-0.3, -0.25) is 14.6 Å². The van der Waals surface area contributed by atoms with Crippen LogP contribution in [0, 0.1) is 10.1 Å². The summed E-state index contributed by atoms with van der Waals surface area (Å²) in [6, 6.07) is 4.74. The van der Waals surface area contributed by atoms with Gasteiger partial charge < -0.3 is 34.6 Å². The summed E-state index contributed by atoms with van der Waals surface area (Å²) in [6.07, 6.45) is -8.00. The molecule has 0 radical (unpaired) electrons. The van der Waals surface area contributed by atoms with Crippen LogP contribution in [0.4, 0.5) is 5.69 Å². The van der Waals surface area contributed by atoms with Gasteiger partial charge >= 0.3 is 7.82 Å². The number of nitrogens with zero attached hydrogens (tertiary/aromatic N) is 1. The number of aliphatic hydroxyl groups is 3.